The number of hydrogen-bond donors (Lipinski definition) is 0. The Balaban J connectivity index is 0. The van der Waals surface area contributed by atoms with Gasteiger partial charge in [-0.2, -0.15) is 13.2 Å². The van der Waals surface area contributed by atoms with Gasteiger partial charge in [0.05, 0.1) is 0 Å². The summed E-state index contributed by atoms with van der Waals surface area (Å²) in [7, 11) is 0. The molecule has 2 nitrogen and oxygen atoms in total. The molecule has 0 aliphatic heterocycles. The Morgan fingerprint density at radius 1 is 1.38 bits per heavy atom. The molecule has 0 aliphatic rings. The fourth-order valence-electron chi connectivity index (χ4n) is 0. The molecule has 0 atom stereocenters. The summed E-state index contributed by atoms with van der Waals surface area (Å²) >= 11 is 0. The number of halogens is 3. The first kappa shape index (κ1) is 11.1. The van der Waals surface area contributed by atoms with E-state index in [9.17, 15) is 13.2 Å². The van der Waals surface area contributed by atoms with E-state index in [4.69, 9.17) is 10.5 Å². The Kier molecular flexibility index (Phi) is 4.61. The molecule has 0 aromatic heterocycles. The number of carbonyl (C=O) groups is 1. The minimum atomic E-state index is -4.97. The average Bonchev–Trinajstić information content (AvgIpc) is 1.31. The SMILES string of the molecule is [NH-]C(=O)C(F)(F)F.[Na+]. The Morgan fingerprint density at radius 2 is 1.50 bits per heavy atom. The predicted octanol–water partition coefficient (Wildman–Crippen LogP) is -1.87. The second-order valence-corrected chi connectivity index (χ2v) is 0.827. The minimum absolute atomic E-state index is 0. The van der Waals surface area contributed by atoms with Crippen LogP contribution in [0.4, 0.5) is 13.2 Å². The molecule has 42 valence electrons. The molecule has 0 saturated heterocycles. The van der Waals surface area contributed by atoms with Crippen LogP contribution in [0.25, 0.3) is 5.73 Å². The van der Waals surface area contributed by atoms with Crippen LogP contribution in [0.15, 0.2) is 0 Å². The van der Waals surface area contributed by atoms with Crippen LogP contribution < -0.4 is 29.6 Å². The maximum atomic E-state index is 10.6. The average molecular weight is 135 g/mol. The largest absolute Gasteiger partial charge is 1.00 e. The van der Waals surface area contributed by atoms with Crippen LogP contribution in [0.2, 0.25) is 0 Å². The van der Waals surface area contributed by atoms with Crippen molar-refractivity contribution in [2.75, 3.05) is 0 Å². The Hall–Kier alpha value is 0.260. The van der Waals surface area contributed by atoms with Gasteiger partial charge in [0, 0.05) is 0 Å². The van der Waals surface area contributed by atoms with Crippen LogP contribution in [0, 0.1) is 0 Å². The van der Waals surface area contributed by atoms with Crippen molar-refractivity contribution >= 4 is 5.91 Å². The summed E-state index contributed by atoms with van der Waals surface area (Å²) in [6.07, 6.45) is -4.97. The summed E-state index contributed by atoms with van der Waals surface area (Å²) in [5.41, 5.74) is 5.47. The molecule has 6 heteroatoms. The van der Waals surface area contributed by atoms with E-state index >= 15 is 0 Å². The first-order valence-electron chi connectivity index (χ1n) is 1.27. The second-order valence-electron chi connectivity index (χ2n) is 0.827. The molecule has 0 spiro atoms. The number of carbonyl (C=O) groups excluding carboxylic acids is 1. The quantitative estimate of drug-likeness (QED) is 0.359. The van der Waals surface area contributed by atoms with Crippen molar-refractivity contribution in [2.45, 2.75) is 6.18 Å². The van der Waals surface area contributed by atoms with Crippen LogP contribution in [0.5, 0.6) is 0 Å². The number of hydrogen-bond acceptors (Lipinski definition) is 1. The van der Waals surface area contributed by atoms with E-state index in [0.29, 0.717) is 0 Å². The molecule has 0 saturated carbocycles. The van der Waals surface area contributed by atoms with Gasteiger partial charge in [-0.3, -0.25) is 0 Å². The molecule has 0 bridgehead atoms. The molecule has 8 heavy (non-hydrogen) atoms. The normalized spacial score (nSPS) is 9.88. The zero-order valence-electron chi connectivity index (χ0n) is 4.04. The van der Waals surface area contributed by atoms with E-state index in [1.165, 1.54) is 0 Å². The van der Waals surface area contributed by atoms with Gasteiger partial charge in [-0.05, 0) is 0 Å². The van der Waals surface area contributed by atoms with E-state index in [1.54, 1.807) is 0 Å². The van der Waals surface area contributed by atoms with Gasteiger partial charge in [0.2, 0.25) is 0 Å². The van der Waals surface area contributed by atoms with Gasteiger partial charge in [-0.25, -0.2) is 0 Å². The molecule has 0 aromatic rings. The molecule has 0 fully saturated rings. The van der Waals surface area contributed by atoms with Crippen molar-refractivity contribution in [3.63, 3.8) is 0 Å². The van der Waals surface area contributed by atoms with Gasteiger partial charge in [-0.1, -0.05) is 0 Å². The standard InChI is InChI=1S/C2H2F3NO.Na/c3-2(4,5)1(6)7;/h(H2,6,7);/q;+1/p-1. The van der Waals surface area contributed by atoms with Crippen LogP contribution in [0.1, 0.15) is 0 Å². The van der Waals surface area contributed by atoms with Crippen molar-refractivity contribution in [2.24, 2.45) is 0 Å². The molecule has 0 unspecified atom stereocenters. The van der Waals surface area contributed by atoms with Crippen LogP contribution >= 0.6 is 0 Å². The van der Waals surface area contributed by atoms with Crippen LogP contribution in [-0.4, -0.2) is 12.1 Å². The second kappa shape index (κ2) is 3.32. The third kappa shape index (κ3) is 4.42. The number of nitrogens with one attached hydrogen (secondary N) is 1. The van der Waals surface area contributed by atoms with Gasteiger partial charge in [-0.15, -0.1) is 0 Å². The first-order valence-corrected chi connectivity index (χ1v) is 1.27. The Bertz CT molecular complexity index is 89.8. The molecule has 0 aromatic carbocycles. The predicted molar refractivity (Wildman–Crippen MR) is 15.4 cm³/mol. The third-order valence-corrected chi connectivity index (χ3v) is 0.257. The van der Waals surface area contributed by atoms with Crippen LogP contribution in [0.3, 0.4) is 0 Å². The van der Waals surface area contributed by atoms with Gasteiger partial charge in [0.15, 0.2) is 5.91 Å². The zero-order valence-corrected chi connectivity index (χ0v) is 6.04. The van der Waals surface area contributed by atoms with E-state index in [2.05, 4.69) is 0 Å². The van der Waals surface area contributed by atoms with Crippen molar-refractivity contribution < 1.29 is 47.5 Å². The summed E-state index contributed by atoms with van der Waals surface area (Å²) in [6.45, 7) is 0. The molecule has 0 radical (unpaired) electrons. The zero-order chi connectivity index (χ0) is 6.08. The summed E-state index contributed by atoms with van der Waals surface area (Å²) in [6, 6.07) is 0. The molecule has 0 aliphatic carbocycles. The minimum Gasteiger partial charge on any atom is -0.660 e. The summed E-state index contributed by atoms with van der Waals surface area (Å²) < 4.78 is 31.9. The van der Waals surface area contributed by atoms with Crippen molar-refractivity contribution in [3.8, 4) is 0 Å². The molecule has 1 amide bonds. The maximum absolute atomic E-state index is 10.6. The molecule has 0 rings (SSSR count). The number of amides is 1. The van der Waals surface area contributed by atoms with E-state index in [1.807, 2.05) is 0 Å². The van der Waals surface area contributed by atoms with E-state index < -0.39 is 12.1 Å². The third-order valence-electron chi connectivity index (χ3n) is 0.257. The van der Waals surface area contributed by atoms with Gasteiger partial charge in [0.25, 0.3) is 0 Å². The first-order chi connectivity index (χ1) is 2.94. The Morgan fingerprint density at radius 3 is 1.50 bits per heavy atom. The van der Waals surface area contributed by atoms with Crippen molar-refractivity contribution in [1.82, 2.24) is 0 Å². The van der Waals surface area contributed by atoms with Crippen molar-refractivity contribution in [3.05, 3.63) is 5.73 Å². The topological polar surface area (TPSA) is 40.9 Å². The van der Waals surface area contributed by atoms with E-state index in [0.717, 1.165) is 0 Å². The molecular formula is C2HF3NNaO. The maximum Gasteiger partial charge on any atom is 1.00 e. The summed E-state index contributed by atoms with van der Waals surface area (Å²) in [4.78, 5) is 9.01. The Labute approximate surface area is 65.5 Å². The van der Waals surface area contributed by atoms with Crippen molar-refractivity contribution in [1.29, 1.82) is 0 Å². The van der Waals surface area contributed by atoms with Gasteiger partial charge >= 0.3 is 35.7 Å². The smallest absolute Gasteiger partial charge is 0.660 e. The van der Waals surface area contributed by atoms with Crippen LogP contribution in [-0.2, 0) is 4.79 Å². The number of rotatable bonds is 0. The fraction of sp³-hybridized carbons (Fsp3) is 0.500. The molecular weight excluding hydrogens is 134 g/mol. The summed E-state index contributed by atoms with van der Waals surface area (Å²) in [5, 5.41) is 0. The fourth-order valence-corrected chi connectivity index (χ4v) is 0. The number of alkyl halides is 3. The van der Waals surface area contributed by atoms with Gasteiger partial charge < -0.3 is 10.5 Å². The van der Waals surface area contributed by atoms with E-state index in [-0.39, 0.29) is 29.6 Å². The monoisotopic (exact) mass is 135 g/mol. The van der Waals surface area contributed by atoms with Gasteiger partial charge in [0.1, 0.15) is 0 Å². The molecule has 1 N–H and O–H groups in total. The molecule has 0 heterocycles. The summed E-state index contributed by atoms with van der Waals surface area (Å²) in [5.74, 6) is -2.51.